The lowest BCUT2D eigenvalue weighted by atomic mass is 9.86. The minimum Gasteiger partial charge on any atom is -0.480 e. The third kappa shape index (κ3) is 2.29. The van der Waals surface area contributed by atoms with Gasteiger partial charge in [-0.15, -0.1) is 11.3 Å². The molecule has 0 aromatic carbocycles. The van der Waals surface area contributed by atoms with Crippen LogP contribution in [0.5, 0.6) is 5.88 Å². The van der Waals surface area contributed by atoms with Crippen molar-refractivity contribution in [1.29, 1.82) is 0 Å². The zero-order valence-electron chi connectivity index (χ0n) is 14.6. The fraction of sp³-hybridized carbons (Fsp3) is 0.444. The van der Waals surface area contributed by atoms with Crippen LogP contribution in [-0.4, -0.2) is 62.9 Å². The van der Waals surface area contributed by atoms with Crippen molar-refractivity contribution < 1.29 is 24.4 Å². The van der Waals surface area contributed by atoms with Crippen molar-refractivity contribution in [3.05, 3.63) is 30.0 Å². The van der Waals surface area contributed by atoms with Gasteiger partial charge in [-0.05, 0) is 11.4 Å². The fourth-order valence-corrected chi connectivity index (χ4v) is 4.78. The van der Waals surface area contributed by atoms with Crippen LogP contribution in [0.4, 0.5) is 0 Å². The molecule has 5 heterocycles. The second-order valence-corrected chi connectivity index (χ2v) is 7.66. The van der Waals surface area contributed by atoms with E-state index in [9.17, 15) is 10.2 Å². The number of methoxy groups -OCH3 is 1. The number of thiophene rings is 1. The van der Waals surface area contributed by atoms with Gasteiger partial charge in [0.25, 0.3) is 0 Å². The highest BCUT2D eigenvalue weighted by Gasteiger charge is 2.61. The standard InChI is InChI=1S/C18H19N3O5S/c1-24-16-13-10(12-3-2-6-27-12)7-21(15(13)19-9-20-16)17-18(4-5-25-18)14(23)11(8-22)26-17/h2-3,6-7,9,11,14,17,22-23H,4-5,8H2,1H3/t11-,14-,17-,18-/m1/s1. The van der Waals surface area contributed by atoms with E-state index < -0.39 is 24.0 Å². The van der Waals surface area contributed by atoms with Crippen LogP contribution in [0.3, 0.4) is 0 Å². The van der Waals surface area contributed by atoms with Gasteiger partial charge in [-0.25, -0.2) is 9.97 Å². The van der Waals surface area contributed by atoms with E-state index in [1.807, 2.05) is 28.3 Å². The van der Waals surface area contributed by atoms with E-state index in [0.717, 1.165) is 15.8 Å². The molecule has 1 spiro atoms. The predicted molar refractivity (Wildman–Crippen MR) is 97.7 cm³/mol. The van der Waals surface area contributed by atoms with E-state index in [1.54, 1.807) is 18.4 Å². The Labute approximate surface area is 159 Å². The highest BCUT2D eigenvalue weighted by atomic mass is 32.1. The molecule has 0 radical (unpaired) electrons. The largest absolute Gasteiger partial charge is 0.480 e. The Morgan fingerprint density at radius 1 is 1.44 bits per heavy atom. The molecular formula is C18H19N3O5S. The molecule has 2 aliphatic heterocycles. The third-order valence-electron chi connectivity index (χ3n) is 5.43. The van der Waals surface area contributed by atoms with E-state index >= 15 is 0 Å². The first-order valence-electron chi connectivity index (χ1n) is 8.71. The van der Waals surface area contributed by atoms with Crippen molar-refractivity contribution in [2.45, 2.75) is 30.5 Å². The molecule has 142 valence electrons. The molecule has 3 aromatic rings. The van der Waals surface area contributed by atoms with Crippen molar-refractivity contribution in [3.63, 3.8) is 0 Å². The SMILES string of the molecule is COc1ncnc2c1c(-c1cccs1)cn2[C@@H]1O[C@H](CO)[C@@H](O)[C@]12CCO2. The number of aromatic nitrogens is 3. The molecule has 2 aliphatic rings. The summed E-state index contributed by atoms with van der Waals surface area (Å²) >= 11 is 1.61. The van der Waals surface area contributed by atoms with Crippen molar-refractivity contribution >= 4 is 22.4 Å². The number of nitrogens with zero attached hydrogens (tertiary/aromatic N) is 3. The number of aliphatic hydroxyl groups is 2. The second kappa shape index (κ2) is 6.25. The number of hydrogen-bond acceptors (Lipinski definition) is 8. The molecule has 0 amide bonds. The number of ether oxygens (including phenoxy) is 3. The zero-order valence-corrected chi connectivity index (χ0v) is 15.4. The maximum absolute atomic E-state index is 10.7. The quantitative estimate of drug-likeness (QED) is 0.699. The van der Waals surface area contributed by atoms with Crippen LogP contribution in [0, 0.1) is 0 Å². The lowest BCUT2D eigenvalue weighted by Crippen LogP contribution is -2.56. The van der Waals surface area contributed by atoms with Gasteiger partial charge < -0.3 is 29.0 Å². The van der Waals surface area contributed by atoms with Crippen molar-refractivity contribution in [2.75, 3.05) is 20.3 Å². The summed E-state index contributed by atoms with van der Waals surface area (Å²) in [6.07, 6.45) is 1.81. The van der Waals surface area contributed by atoms with Gasteiger partial charge in [0.15, 0.2) is 6.23 Å². The molecular weight excluding hydrogens is 370 g/mol. The van der Waals surface area contributed by atoms with Gasteiger partial charge in [-0.1, -0.05) is 6.07 Å². The topological polar surface area (TPSA) is 98.9 Å². The Hall–Kier alpha value is -2.04. The number of rotatable bonds is 4. The Bertz CT molecular complexity index is 969. The highest BCUT2D eigenvalue weighted by molar-refractivity contribution is 7.13. The molecule has 5 rings (SSSR count). The van der Waals surface area contributed by atoms with Gasteiger partial charge >= 0.3 is 0 Å². The zero-order chi connectivity index (χ0) is 18.6. The van der Waals surface area contributed by atoms with Crippen molar-refractivity contribution in [1.82, 2.24) is 14.5 Å². The van der Waals surface area contributed by atoms with Crippen LogP contribution >= 0.6 is 11.3 Å². The molecule has 2 N–H and O–H groups in total. The summed E-state index contributed by atoms with van der Waals surface area (Å²) in [6, 6.07) is 4.00. The summed E-state index contributed by atoms with van der Waals surface area (Å²) in [5.74, 6) is 0.475. The van der Waals surface area contributed by atoms with Gasteiger partial charge in [0.05, 0.1) is 25.7 Å². The first kappa shape index (κ1) is 17.1. The summed E-state index contributed by atoms with van der Waals surface area (Å²) in [5, 5.41) is 23.1. The molecule has 8 nitrogen and oxygen atoms in total. The van der Waals surface area contributed by atoms with Crippen LogP contribution in [0.2, 0.25) is 0 Å². The summed E-state index contributed by atoms with van der Waals surface area (Å²) < 4.78 is 19.2. The summed E-state index contributed by atoms with van der Waals surface area (Å²) in [7, 11) is 1.57. The highest BCUT2D eigenvalue weighted by Crippen LogP contribution is 2.50. The molecule has 0 bridgehead atoms. The molecule has 0 unspecified atom stereocenters. The van der Waals surface area contributed by atoms with Crippen molar-refractivity contribution in [3.8, 4) is 16.3 Å². The van der Waals surface area contributed by atoms with Crippen LogP contribution in [0.15, 0.2) is 30.0 Å². The normalized spacial score (nSPS) is 30.1. The van der Waals surface area contributed by atoms with Crippen molar-refractivity contribution in [2.24, 2.45) is 0 Å². The first-order chi connectivity index (χ1) is 13.2. The number of aliphatic hydroxyl groups excluding tert-OH is 2. The molecule has 9 heteroatoms. The van der Waals surface area contributed by atoms with Gasteiger partial charge in [0.1, 0.15) is 29.8 Å². The van der Waals surface area contributed by atoms with E-state index in [4.69, 9.17) is 14.2 Å². The summed E-state index contributed by atoms with van der Waals surface area (Å²) in [4.78, 5) is 9.76. The van der Waals surface area contributed by atoms with Crippen LogP contribution in [0.1, 0.15) is 12.6 Å². The van der Waals surface area contributed by atoms with Gasteiger partial charge in [0, 0.05) is 23.1 Å². The molecule has 2 fully saturated rings. The summed E-state index contributed by atoms with van der Waals surface area (Å²) in [5.41, 5.74) is 0.679. The monoisotopic (exact) mass is 389 g/mol. The summed E-state index contributed by atoms with van der Waals surface area (Å²) in [6.45, 7) is 0.266. The molecule has 3 aromatic heterocycles. The molecule has 4 atom stereocenters. The second-order valence-electron chi connectivity index (χ2n) is 6.72. The lowest BCUT2D eigenvalue weighted by Gasteiger charge is -2.44. The Morgan fingerprint density at radius 2 is 2.30 bits per heavy atom. The third-order valence-corrected chi connectivity index (χ3v) is 6.33. The minimum atomic E-state index is -0.910. The van der Waals surface area contributed by atoms with Gasteiger partial charge in [0.2, 0.25) is 5.88 Å². The smallest absolute Gasteiger partial charge is 0.226 e. The molecule has 0 saturated carbocycles. The lowest BCUT2D eigenvalue weighted by molar-refractivity contribution is -0.225. The minimum absolute atomic E-state index is 0.280. The Morgan fingerprint density at radius 3 is 2.93 bits per heavy atom. The maximum atomic E-state index is 10.7. The van der Waals surface area contributed by atoms with Crippen LogP contribution in [-0.2, 0) is 9.47 Å². The first-order valence-corrected chi connectivity index (χ1v) is 9.59. The molecule has 0 aliphatic carbocycles. The average molecular weight is 389 g/mol. The number of hydrogen-bond donors (Lipinski definition) is 2. The Balaban J connectivity index is 1.73. The molecule has 2 saturated heterocycles. The number of fused-ring (bicyclic) bond motifs is 1. The fourth-order valence-electron chi connectivity index (χ4n) is 4.03. The Kier molecular flexibility index (Phi) is 3.95. The maximum Gasteiger partial charge on any atom is 0.226 e. The van der Waals surface area contributed by atoms with Crippen LogP contribution < -0.4 is 4.74 Å². The van der Waals surface area contributed by atoms with E-state index in [0.29, 0.717) is 24.6 Å². The average Bonchev–Trinajstić information content (AvgIpc) is 3.35. The van der Waals surface area contributed by atoms with Gasteiger partial charge in [-0.2, -0.15) is 0 Å². The van der Waals surface area contributed by atoms with E-state index in [1.165, 1.54) is 6.33 Å². The van der Waals surface area contributed by atoms with E-state index in [2.05, 4.69) is 9.97 Å². The molecule has 27 heavy (non-hydrogen) atoms. The van der Waals surface area contributed by atoms with E-state index in [-0.39, 0.29) is 6.61 Å². The predicted octanol–water partition coefficient (Wildman–Crippen LogP) is 1.58. The van der Waals surface area contributed by atoms with Crippen LogP contribution in [0.25, 0.3) is 21.5 Å². The van der Waals surface area contributed by atoms with Gasteiger partial charge in [-0.3, -0.25) is 0 Å².